The zero-order valence-corrected chi connectivity index (χ0v) is 19.3. The molecular weight excluding hydrogens is 460 g/mol. The fraction of sp³-hybridized carbons (Fsp3) is 0.174. The molecule has 0 bridgehead atoms. The maximum atomic E-state index is 13.1. The lowest BCUT2D eigenvalue weighted by Crippen LogP contribution is -2.23. The number of allylic oxidation sites excluding steroid dienone is 1. The number of aryl methyl sites for hydroxylation is 1. The van der Waals surface area contributed by atoms with Gasteiger partial charge in [-0.1, -0.05) is 41.6 Å². The van der Waals surface area contributed by atoms with E-state index in [2.05, 4.69) is 21.8 Å². The van der Waals surface area contributed by atoms with Gasteiger partial charge in [0.1, 0.15) is 5.82 Å². The lowest BCUT2D eigenvalue weighted by atomic mass is 10.2. The van der Waals surface area contributed by atoms with Crippen molar-refractivity contribution < 1.29 is 0 Å². The maximum absolute atomic E-state index is 13.1. The predicted octanol–water partition coefficient (Wildman–Crippen LogP) is 3.91. The van der Waals surface area contributed by atoms with Crippen LogP contribution >= 0.6 is 23.4 Å². The first-order chi connectivity index (χ1) is 16.0. The number of fused-ring (bicyclic) bond motifs is 4. The Hall–Kier alpha value is -3.43. The molecule has 0 unspecified atom stereocenters. The SMILES string of the molecule is C=CCn1c(SCc2nnc3n(CC)c(=O)c4ccccc4n23)nc2cc(Cl)ccc2c1=O. The summed E-state index contributed by atoms with van der Waals surface area (Å²) in [5.74, 6) is 1.53. The van der Waals surface area contributed by atoms with Gasteiger partial charge in [0.15, 0.2) is 5.16 Å². The lowest BCUT2D eigenvalue weighted by Gasteiger charge is -2.12. The predicted molar refractivity (Wildman–Crippen MR) is 131 cm³/mol. The molecule has 0 saturated heterocycles. The van der Waals surface area contributed by atoms with Crippen molar-refractivity contribution in [2.24, 2.45) is 0 Å². The molecule has 0 N–H and O–H groups in total. The Morgan fingerprint density at radius 3 is 2.64 bits per heavy atom. The Morgan fingerprint density at radius 1 is 1.06 bits per heavy atom. The third-order valence-electron chi connectivity index (χ3n) is 5.42. The molecule has 0 radical (unpaired) electrons. The van der Waals surface area contributed by atoms with Crippen LogP contribution in [0.2, 0.25) is 5.02 Å². The quantitative estimate of drug-likeness (QED) is 0.209. The Bertz CT molecular complexity index is 1670. The number of benzene rings is 2. The van der Waals surface area contributed by atoms with Crippen LogP contribution in [0.5, 0.6) is 0 Å². The molecule has 0 aliphatic rings. The van der Waals surface area contributed by atoms with Crippen LogP contribution in [0.4, 0.5) is 0 Å². The molecule has 8 nitrogen and oxygen atoms in total. The van der Waals surface area contributed by atoms with Gasteiger partial charge in [-0.3, -0.25) is 23.1 Å². The normalized spacial score (nSPS) is 11.6. The van der Waals surface area contributed by atoms with E-state index in [1.54, 1.807) is 39.5 Å². The highest BCUT2D eigenvalue weighted by Crippen LogP contribution is 2.24. The van der Waals surface area contributed by atoms with Gasteiger partial charge in [-0.05, 0) is 37.3 Å². The van der Waals surface area contributed by atoms with E-state index >= 15 is 0 Å². The van der Waals surface area contributed by atoms with Crippen LogP contribution in [-0.2, 0) is 18.8 Å². The van der Waals surface area contributed by atoms with Gasteiger partial charge in [0.2, 0.25) is 5.78 Å². The number of thioether (sulfide) groups is 1. The van der Waals surface area contributed by atoms with Gasteiger partial charge in [0.25, 0.3) is 11.1 Å². The van der Waals surface area contributed by atoms with Crippen molar-refractivity contribution in [1.82, 2.24) is 28.7 Å². The molecule has 33 heavy (non-hydrogen) atoms. The Balaban J connectivity index is 1.64. The van der Waals surface area contributed by atoms with E-state index in [0.29, 0.717) is 56.9 Å². The minimum absolute atomic E-state index is 0.0971. The standard InChI is InChI=1S/C23H19ClN6O2S/c1-3-11-29-20(31)15-10-9-14(24)12-17(15)25-23(29)33-13-19-26-27-22-28(4-2)21(32)16-7-5-6-8-18(16)30(19)22/h3,5-10,12H,1,4,11,13H2,2H3. The van der Waals surface area contributed by atoms with Crippen molar-refractivity contribution >= 4 is 50.9 Å². The number of hydrogen-bond donors (Lipinski definition) is 0. The molecule has 5 aromatic rings. The van der Waals surface area contributed by atoms with E-state index in [4.69, 9.17) is 11.6 Å². The summed E-state index contributed by atoms with van der Waals surface area (Å²) < 4.78 is 5.08. The van der Waals surface area contributed by atoms with Crippen molar-refractivity contribution in [2.45, 2.75) is 30.9 Å². The van der Waals surface area contributed by atoms with Crippen LogP contribution < -0.4 is 11.1 Å². The van der Waals surface area contributed by atoms with Gasteiger partial charge in [0, 0.05) is 18.1 Å². The van der Waals surface area contributed by atoms with E-state index in [1.807, 2.05) is 29.5 Å². The number of nitrogens with zero attached hydrogens (tertiary/aromatic N) is 6. The van der Waals surface area contributed by atoms with Gasteiger partial charge in [-0.2, -0.15) is 0 Å². The average Bonchev–Trinajstić information content (AvgIpc) is 3.24. The lowest BCUT2D eigenvalue weighted by molar-refractivity contribution is 0.671. The highest BCUT2D eigenvalue weighted by atomic mass is 35.5. The summed E-state index contributed by atoms with van der Waals surface area (Å²) in [6, 6.07) is 12.4. The number of para-hydroxylation sites is 1. The number of rotatable bonds is 6. The Morgan fingerprint density at radius 2 is 1.85 bits per heavy atom. The number of halogens is 1. The third-order valence-corrected chi connectivity index (χ3v) is 6.62. The number of aromatic nitrogens is 6. The molecule has 166 valence electrons. The van der Waals surface area contributed by atoms with Crippen LogP contribution in [0.15, 0.2) is 69.9 Å². The van der Waals surface area contributed by atoms with Gasteiger partial charge >= 0.3 is 0 Å². The second-order valence-corrected chi connectivity index (χ2v) is 8.75. The summed E-state index contributed by atoms with van der Waals surface area (Å²) in [4.78, 5) is 30.6. The molecule has 2 aromatic carbocycles. The summed E-state index contributed by atoms with van der Waals surface area (Å²) in [7, 11) is 0. The van der Waals surface area contributed by atoms with Crippen LogP contribution in [-0.4, -0.2) is 28.7 Å². The molecule has 5 rings (SSSR count). The molecular formula is C23H19ClN6O2S. The summed E-state index contributed by atoms with van der Waals surface area (Å²) in [6.45, 7) is 6.47. The van der Waals surface area contributed by atoms with Crippen LogP contribution in [0.3, 0.4) is 0 Å². The van der Waals surface area contributed by atoms with Crippen molar-refractivity contribution in [3.63, 3.8) is 0 Å². The topological polar surface area (TPSA) is 87.1 Å². The molecule has 3 heterocycles. The molecule has 0 amide bonds. The van der Waals surface area contributed by atoms with Crippen LogP contribution in [0.1, 0.15) is 12.7 Å². The van der Waals surface area contributed by atoms with Gasteiger partial charge in [0.05, 0.1) is 27.6 Å². The van der Waals surface area contributed by atoms with Crippen molar-refractivity contribution in [3.05, 3.63) is 86.7 Å². The van der Waals surface area contributed by atoms with Crippen molar-refractivity contribution in [1.29, 1.82) is 0 Å². The second kappa shape index (κ2) is 8.49. The molecule has 0 spiro atoms. The fourth-order valence-corrected chi connectivity index (χ4v) is 4.98. The zero-order valence-electron chi connectivity index (χ0n) is 17.7. The van der Waals surface area contributed by atoms with Gasteiger partial charge in [-0.25, -0.2) is 4.98 Å². The van der Waals surface area contributed by atoms with Crippen molar-refractivity contribution in [2.75, 3.05) is 0 Å². The minimum Gasteiger partial charge on any atom is -0.283 e. The summed E-state index contributed by atoms with van der Waals surface area (Å²) >= 11 is 7.49. The van der Waals surface area contributed by atoms with Crippen molar-refractivity contribution in [3.8, 4) is 0 Å². The smallest absolute Gasteiger partial charge is 0.262 e. The molecule has 0 saturated carbocycles. The Labute approximate surface area is 197 Å². The fourth-order valence-electron chi connectivity index (χ4n) is 3.90. The summed E-state index contributed by atoms with van der Waals surface area (Å²) in [6.07, 6.45) is 1.66. The largest absolute Gasteiger partial charge is 0.283 e. The molecule has 0 fully saturated rings. The van der Waals surface area contributed by atoms with E-state index in [1.165, 1.54) is 11.8 Å². The maximum Gasteiger partial charge on any atom is 0.262 e. The summed E-state index contributed by atoms with van der Waals surface area (Å²) in [5.41, 5.74) is 1.02. The highest BCUT2D eigenvalue weighted by molar-refractivity contribution is 7.98. The molecule has 0 aliphatic heterocycles. The molecule has 0 atom stereocenters. The van der Waals surface area contributed by atoms with E-state index in [0.717, 1.165) is 5.52 Å². The molecule has 0 aliphatic carbocycles. The third kappa shape index (κ3) is 3.53. The van der Waals surface area contributed by atoms with Gasteiger partial charge < -0.3 is 0 Å². The van der Waals surface area contributed by atoms with Crippen LogP contribution in [0.25, 0.3) is 27.6 Å². The highest BCUT2D eigenvalue weighted by Gasteiger charge is 2.17. The molecule has 10 heteroatoms. The van der Waals surface area contributed by atoms with E-state index in [-0.39, 0.29) is 11.1 Å². The minimum atomic E-state index is -0.157. The average molecular weight is 479 g/mol. The first-order valence-corrected chi connectivity index (χ1v) is 11.7. The monoisotopic (exact) mass is 478 g/mol. The summed E-state index contributed by atoms with van der Waals surface area (Å²) in [5, 5.41) is 10.8. The Kier molecular flexibility index (Phi) is 5.51. The first-order valence-electron chi connectivity index (χ1n) is 10.3. The first kappa shape index (κ1) is 21.4. The number of hydrogen-bond acceptors (Lipinski definition) is 6. The van der Waals surface area contributed by atoms with E-state index < -0.39 is 0 Å². The van der Waals surface area contributed by atoms with E-state index in [9.17, 15) is 9.59 Å². The zero-order chi connectivity index (χ0) is 23.1. The van der Waals surface area contributed by atoms with Gasteiger partial charge in [-0.15, -0.1) is 16.8 Å². The second-order valence-electron chi connectivity index (χ2n) is 7.37. The molecule has 3 aromatic heterocycles. The van der Waals surface area contributed by atoms with Crippen LogP contribution in [0, 0.1) is 0 Å².